The SMILES string of the molecule is O=C(NC1CC2CCC1C2)c1ccc(CN2CCC(Cc3ccccc3)CC2)cc1. The van der Waals surface area contributed by atoms with Gasteiger partial charge in [0.1, 0.15) is 0 Å². The zero-order chi connectivity index (χ0) is 20.3. The van der Waals surface area contributed by atoms with Crippen LogP contribution in [0.1, 0.15) is 60.0 Å². The van der Waals surface area contributed by atoms with Crippen molar-refractivity contribution in [3.05, 3.63) is 71.3 Å². The number of nitrogens with one attached hydrogen (secondary N) is 1. The van der Waals surface area contributed by atoms with Gasteiger partial charge in [0, 0.05) is 18.2 Å². The summed E-state index contributed by atoms with van der Waals surface area (Å²) in [5, 5.41) is 3.30. The van der Waals surface area contributed by atoms with Crippen LogP contribution in [-0.4, -0.2) is 29.9 Å². The topological polar surface area (TPSA) is 32.3 Å². The summed E-state index contributed by atoms with van der Waals surface area (Å²) in [7, 11) is 0. The van der Waals surface area contributed by atoms with Gasteiger partial charge >= 0.3 is 0 Å². The molecule has 3 heteroatoms. The van der Waals surface area contributed by atoms with Crippen LogP contribution in [-0.2, 0) is 13.0 Å². The molecule has 1 aliphatic heterocycles. The highest BCUT2D eigenvalue weighted by molar-refractivity contribution is 5.94. The van der Waals surface area contributed by atoms with E-state index in [4.69, 9.17) is 0 Å². The van der Waals surface area contributed by atoms with E-state index >= 15 is 0 Å². The van der Waals surface area contributed by atoms with E-state index in [1.54, 1.807) is 0 Å². The van der Waals surface area contributed by atoms with E-state index in [1.807, 2.05) is 12.1 Å². The average molecular weight is 403 g/mol. The second kappa shape index (κ2) is 8.93. The molecular weight excluding hydrogens is 368 g/mol. The molecule has 3 aliphatic rings. The fourth-order valence-corrected chi connectivity index (χ4v) is 5.99. The third-order valence-corrected chi connectivity index (χ3v) is 7.75. The Bertz CT molecular complexity index is 839. The van der Waals surface area contributed by atoms with Gasteiger partial charge in [0.2, 0.25) is 0 Å². The molecule has 2 aliphatic carbocycles. The van der Waals surface area contributed by atoms with Crippen LogP contribution < -0.4 is 5.32 Å². The van der Waals surface area contributed by atoms with Crippen molar-refractivity contribution >= 4 is 5.91 Å². The minimum atomic E-state index is 0.112. The molecular formula is C27H34N2O. The number of fused-ring (bicyclic) bond motifs is 2. The molecule has 3 fully saturated rings. The first-order valence-electron chi connectivity index (χ1n) is 11.9. The highest BCUT2D eigenvalue weighted by Gasteiger charge is 2.40. The summed E-state index contributed by atoms with van der Waals surface area (Å²) in [6.07, 6.45) is 8.95. The molecule has 0 spiro atoms. The summed E-state index contributed by atoms with van der Waals surface area (Å²) in [6.45, 7) is 3.33. The predicted molar refractivity (Wildman–Crippen MR) is 121 cm³/mol. The maximum absolute atomic E-state index is 12.6. The Morgan fingerprint density at radius 1 is 0.867 bits per heavy atom. The van der Waals surface area contributed by atoms with Gasteiger partial charge in [-0.2, -0.15) is 0 Å². The molecule has 0 radical (unpaired) electrons. The van der Waals surface area contributed by atoms with Crippen molar-refractivity contribution < 1.29 is 4.79 Å². The Kier molecular flexibility index (Phi) is 5.90. The van der Waals surface area contributed by atoms with Gasteiger partial charge in [-0.3, -0.25) is 9.69 Å². The van der Waals surface area contributed by atoms with Crippen molar-refractivity contribution in [2.24, 2.45) is 17.8 Å². The van der Waals surface area contributed by atoms with Crippen molar-refractivity contribution in [1.29, 1.82) is 0 Å². The van der Waals surface area contributed by atoms with Gasteiger partial charge in [-0.05, 0) is 92.6 Å². The summed E-state index contributed by atoms with van der Waals surface area (Å²) in [5.74, 6) is 2.50. The van der Waals surface area contributed by atoms with Gasteiger partial charge in [0.05, 0.1) is 0 Å². The van der Waals surface area contributed by atoms with Crippen LogP contribution in [0.15, 0.2) is 54.6 Å². The van der Waals surface area contributed by atoms with Gasteiger partial charge in [-0.15, -0.1) is 0 Å². The molecule has 2 aromatic carbocycles. The number of nitrogens with zero attached hydrogens (tertiary/aromatic N) is 1. The molecule has 3 atom stereocenters. The number of hydrogen-bond acceptors (Lipinski definition) is 2. The second-order valence-electron chi connectivity index (χ2n) is 9.86. The van der Waals surface area contributed by atoms with Gasteiger partial charge in [0.25, 0.3) is 5.91 Å². The highest BCUT2D eigenvalue weighted by Crippen LogP contribution is 2.44. The molecule has 1 N–H and O–H groups in total. The van der Waals surface area contributed by atoms with Crippen LogP contribution in [0.5, 0.6) is 0 Å². The lowest BCUT2D eigenvalue weighted by Gasteiger charge is -2.32. The van der Waals surface area contributed by atoms with Crippen molar-refractivity contribution in [3.8, 4) is 0 Å². The number of carbonyl (C=O) groups is 1. The van der Waals surface area contributed by atoms with Crippen LogP contribution >= 0.6 is 0 Å². The summed E-state index contributed by atoms with van der Waals surface area (Å²) < 4.78 is 0. The Morgan fingerprint density at radius 3 is 2.30 bits per heavy atom. The minimum absolute atomic E-state index is 0.112. The Morgan fingerprint density at radius 2 is 1.63 bits per heavy atom. The van der Waals surface area contributed by atoms with E-state index < -0.39 is 0 Å². The van der Waals surface area contributed by atoms with E-state index in [0.29, 0.717) is 6.04 Å². The number of piperidine rings is 1. The molecule has 1 amide bonds. The first kappa shape index (κ1) is 19.8. The van der Waals surface area contributed by atoms with E-state index in [1.165, 1.54) is 69.2 Å². The van der Waals surface area contributed by atoms with Crippen LogP contribution in [0.25, 0.3) is 0 Å². The van der Waals surface area contributed by atoms with Gasteiger partial charge in [0.15, 0.2) is 0 Å². The molecule has 2 bridgehead atoms. The largest absolute Gasteiger partial charge is 0.349 e. The average Bonchev–Trinajstić information content (AvgIpc) is 3.40. The fraction of sp³-hybridized carbons (Fsp3) is 0.519. The number of rotatable bonds is 6. The molecule has 158 valence electrons. The summed E-state index contributed by atoms with van der Waals surface area (Å²) in [5.41, 5.74) is 3.59. The van der Waals surface area contributed by atoms with Crippen LogP contribution in [0.2, 0.25) is 0 Å². The van der Waals surface area contributed by atoms with Gasteiger partial charge in [-0.25, -0.2) is 0 Å². The maximum atomic E-state index is 12.6. The lowest BCUT2D eigenvalue weighted by molar-refractivity contribution is 0.0923. The van der Waals surface area contributed by atoms with E-state index in [0.717, 1.165) is 29.9 Å². The van der Waals surface area contributed by atoms with Gasteiger partial charge < -0.3 is 5.32 Å². The predicted octanol–water partition coefficient (Wildman–Crippen LogP) is 5.06. The molecule has 1 heterocycles. The number of benzene rings is 2. The molecule has 3 unspecified atom stereocenters. The molecule has 2 aromatic rings. The molecule has 2 saturated carbocycles. The van der Waals surface area contributed by atoms with E-state index in [2.05, 4.69) is 52.7 Å². The molecule has 30 heavy (non-hydrogen) atoms. The van der Waals surface area contributed by atoms with Crippen molar-refractivity contribution in [1.82, 2.24) is 10.2 Å². The Hall–Kier alpha value is -2.13. The van der Waals surface area contributed by atoms with Crippen molar-refractivity contribution in [2.45, 2.75) is 57.5 Å². The standard InChI is InChI=1S/C27H34N2O/c30-27(28-26-18-23-8-11-25(26)17-23)24-9-6-22(7-10-24)19-29-14-12-21(13-15-29)16-20-4-2-1-3-5-20/h1-7,9-10,21,23,25-26H,8,11-19H2,(H,28,30). The van der Waals surface area contributed by atoms with E-state index in [-0.39, 0.29) is 5.91 Å². The molecule has 3 nitrogen and oxygen atoms in total. The minimum Gasteiger partial charge on any atom is -0.349 e. The molecule has 0 aromatic heterocycles. The smallest absolute Gasteiger partial charge is 0.251 e. The first-order chi connectivity index (χ1) is 14.7. The normalized spacial score (nSPS) is 26.7. The third kappa shape index (κ3) is 4.62. The number of amides is 1. The number of likely N-dealkylation sites (tertiary alicyclic amines) is 1. The number of carbonyl (C=O) groups excluding carboxylic acids is 1. The maximum Gasteiger partial charge on any atom is 0.251 e. The summed E-state index contributed by atoms with van der Waals surface area (Å²) in [6, 6.07) is 19.6. The number of hydrogen-bond donors (Lipinski definition) is 1. The lowest BCUT2D eigenvalue weighted by Crippen LogP contribution is -2.38. The monoisotopic (exact) mass is 402 g/mol. The Labute approximate surface area is 180 Å². The van der Waals surface area contributed by atoms with Crippen molar-refractivity contribution in [2.75, 3.05) is 13.1 Å². The van der Waals surface area contributed by atoms with Crippen LogP contribution in [0, 0.1) is 17.8 Å². The quantitative estimate of drug-likeness (QED) is 0.732. The fourth-order valence-electron chi connectivity index (χ4n) is 5.99. The van der Waals surface area contributed by atoms with Crippen molar-refractivity contribution in [3.63, 3.8) is 0 Å². The molecule has 1 saturated heterocycles. The van der Waals surface area contributed by atoms with Crippen LogP contribution in [0.4, 0.5) is 0 Å². The first-order valence-corrected chi connectivity index (χ1v) is 11.9. The second-order valence-corrected chi connectivity index (χ2v) is 9.86. The zero-order valence-corrected chi connectivity index (χ0v) is 17.9. The third-order valence-electron chi connectivity index (χ3n) is 7.75. The zero-order valence-electron chi connectivity index (χ0n) is 17.9. The van der Waals surface area contributed by atoms with Crippen LogP contribution in [0.3, 0.4) is 0 Å². The van der Waals surface area contributed by atoms with Gasteiger partial charge in [-0.1, -0.05) is 48.9 Å². The Balaban J connectivity index is 1.08. The summed E-state index contributed by atoms with van der Waals surface area (Å²) in [4.78, 5) is 15.2. The highest BCUT2D eigenvalue weighted by atomic mass is 16.1. The molecule has 5 rings (SSSR count). The lowest BCUT2D eigenvalue weighted by atomic mass is 9.90. The summed E-state index contributed by atoms with van der Waals surface area (Å²) >= 11 is 0. The van der Waals surface area contributed by atoms with E-state index in [9.17, 15) is 4.79 Å².